The van der Waals surface area contributed by atoms with Gasteiger partial charge in [0.05, 0.1) is 11.3 Å². The van der Waals surface area contributed by atoms with Gasteiger partial charge in [-0.3, -0.25) is 14.6 Å². The Morgan fingerprint density at radius 2 is 1.74 bits per heavy atom. The number of halogens is 1. The van der Waals surface area contributed by atoms with Crippen LogP contribution in [0.5, 0.6) is 0 Å². The van der Waals surface area contributed by atoms with Crippen LogP contribution in [0.3, 0.4) is 0 Å². The average Bonchev–Trinajstić information content (AvgIpc) is 3.14. The number of hydrogen-bond acceptors (Lipinski definition) is 5. The van der Waals surface area contributed by atoms with Crippen molar-refractivity contribution in [3.8, 4) is 11.3 Å². The normalized spacial score (nSPS) is 11.6. The van der Waals surface area contributed by atoms with Crippen LogP contribution in [0.4, 0.5) is 10.2 Å². The molecule has 5 rings (SSSR count). The highest BCUT2D eigenvalue weighted by atomic mass is 19.1. The topological polar surface area (TPSA) is 84.0 Å². The molecule has 34 heavy (non-hydrogen) atoms. The summed E-state index contributed by atoms with van der Waals surface area (Å²) >= 11 is 0. The van der Waals surface area contributed by atoms with Gasteiger partial charge in [-0.05, 0) is 41.8 Å². The summed E-state index contributed by atoms with van der Waals surface area (Å²) < 4.78 is 13.5. The number of rotatable bonds is 7. The zero-order valence-corrected chi connectivity index (χ0v) is 18.2. The summed E-state index contributed by atoms with van der Waals surface area (Å²) in [7, 11) is 0. The number of carbonyl (C=O) groups is 2. The summed E-state index contributed by atoms with van der Waals surface area (Å²) in [4.78, 5) is 34.8. The van der Waals surface area contributed by atoms with Gasteiger partial charge in [0, 0.05) is 42.2 Å². The fraction of sp³-hybridized carbons (Fsp3) is 0.111. The number of fused-ring (bicyclic) bond motifs is 3. The molecule has 0 spiro atoms. The molecule has 0 aliphatic heterocycles. The number of benzene rings is 2. The van der Waals surface area contributed by atoms with E-state index in [1.165, 1.54) is 12.1 Å². The maximum Gasteiger partial charge on any atom is 0.255 e. The van der Waals surface area contributed by atoms with Gasteiger partial charge in [-0.25, -0.2) is 9.37 Å². The lowest BCUT2D eigenvalue weighted by atomic mass is 10.1. The maximum atomic E-state index is 13.5. The van der Waals surface area contributed by atoms with E-state index in [9.17, 15) is 14.0 Å². The zero-order valence-electron chi connectivity index (χ0n) is 18.2. The number of aromatic nitrogens is 2. The van der Waals surface area contributed by atoms with Crippen molar-refractivity contribution in [2.75, 3.05) is 11.9 Å². The van der Waals surface area contributed by atoms with Gasteiger partial charge in [0.25, 0.3) is 5.91 Å². The Hall–Kier alpha value is -4.39. The lowest BCUT2D eigenvalue weighted by Crippen LogP contribution is -2.25. The van der Waals surface area contributed by atoms with Crippen LogP contribution in [0, 0.1) is 5.82 Å². The third-order valence-corrected chi connectivity index (χ3v) is 5.71. The first-order valence-electron chi connectivity index (χ1n) is 10.9. The summed E-state index contributed by atoms with van der Waals surface area (Å²) in [6.45, 7) is 0.731. The number of hydrogen-bond donors (Lipinski definition) is 2. The predicted octanol–water partition coefficient (Wildman–Crippen LogP) is 4.41. The van der Waals surface area contributed by atoms with E-state index < -0.39 is 0 Å². The molecule has 0 saturated carbocycles. The number of ketones is 1. The molecule has 0 atom stereocenters. The monoisotopic (exact) mass is 452 g/mol. The van der Waals surface area contributed by atoms with Crippen LogP contribution < -0.4 is 10.6 Å². The minimum Gasteiger partial charge on any atom is -0.369 e. The molecule has 0 saturated heterocycles. The zero-order chi connectivity index (χ0) is 23.5. The van der Waals surface area contributed by atoms with Crippen LogP contribution in [0.2, 0.25) is 0 Å². The van der Waals surface area contributed by atoms with Gasteiger partial charge in [-0.1, -0.05) is 42.5 Å². The summed E-state index contributed by atoms with van der Waals surface area (Å²) in [5.41, 5.74) is 4.25. The van der Waals surface area contributed by atoms with Gasteiger partial charge in [-0.15, -0.1) is 0 Å². The Morgan fingerprint density at radius 1 is 0.912 bits per heavy atom. The summed E-state index contributed by atoms with van der Waals surface area (Å²) in [5.74, 6) is -0.413. The van der Waals surface area contributed by atoms with Crippen molar-refractivity contribution < 1.29 is 14.0 Å². The highest BCUT2D eigenvalue weighted by Gasteiger charge is 2.30. The number of nitrogens with one attached hydrogen (secondary N) is 2. The van der Waals surface area contributed by atoms with Crippen LogP contribution in [0.25, 0.3) is 11.3 Å². The minimum absolute atomic E-state index is 0.147. The summed E-state index contributed by atoms with van der Waals surface area (Å²) in [6.07, 6.45) is 3.89. The number of amides is 1. The lowest BCUT2D eigenvalue weighted by molar-refractivity contribution is 0.0951. The van der Waals surface area contributed by atoms with E-state index in [2.05, 4.69) is 15.6 Å². The van der Waals surface area contributed by atoms with E-state index in [1.54, 1.807) is 36.7 Å². The van der Waals surface area contributed by atoms with Crippen molar-refractivity contribution in [1.29, 1.82) is 0 Å². The van der Waals surface area contributed by atoms with Gasteiger partial charge < -0.3 is 10.6 Å². The van der Waals surface area contributed by atoms with E-state index >= 15 is 0 Å². The molecule has 0 unspecified atom stereocenters. The molecule has 2 aromatic heterocycles. The highest BCUT2D eigenvalue weighted by molar-refractivity contribution is 6.22. The number of carbonyl (C=O) groups excluding carboxylic acids is 2. The lowest BCUT2D eigenvalue weighted by Gasteiger charge is -2.14. The SMILES string of the molecule is O=C(NCc1cccnc1)c1cc2c(nc1NCCc1cccc(F)c1)-c1ccccc1C2=O. The highest BCUT2D eigenvalue weighted by Crippen LogP contribution is 2.37. The first kappa shape index (κ1) is 21.5. The van der Waals surface area contributed by atoms with Gasteiger partial charge in [-0.2, -0.15) is 0 Å². The van der Waals surface area contributed by atoms with Crippen molar-refractivity contribution in [3.63, 3.8) is 0 Å². The third-order valence-electron chi connectivity index (χ3n) is 5.71. The molecule has 168 valence electrons. The van der Waals surface area contributed by atoms with Crippen LogP contribution in [0.1, 0.15) is 37.4 Å². The molecule has 2 N–H and O–H groups in total. The smallest absolute Gasteiger partial charge is 0.255 e. The van der Waals surface area contributed by atoms with Crippen LogP contribution >= 0.6 is 0 Å². The Kier molecular flexibility index (Phi) is 5.82. The molecule has 0 bridgehead atoms. The quantitative estimate of drug-likeness (QED) is 0.382. The first-order chi connectivity index (χ1) is 16.6. The Balaban J connectivity index is 1.44. The van der Waals surface area contributed by atoms with Crippen molar-refractivity contribution in [3.05, 3.63) is 113 Å². The van der Waals surface area contributed by atoms with Crippen LogP contribution in [-0.2, 0) is 13.0 Å². The molecule has 1 aliphatic carbocycles. The largest absolute Gasteiger partial charge is 0.369 e. The minimum atomic E-state index is -0.351. The number of anilines is 1. The van der Waals surface area contributed by atoms with E-state index in [0.29, 0.717) is 42.1 Å². The van der Waals surface area contributed by atoms with Crippen LogP contribution in [-0.4, -0.2) is 28.2 Å². The Morgan fingerprint density at radius 3 is 2.53 bits per heavy atom. The molecule has 0 fully saturated rings. The van der Waals surface area contributed by atoms with Gasteiger partial charge in [0.1, 0.15) is 11.6 Å². The fourth-order valence-corrected chi connectivity index (χ4v) is 4.03. The molecular formula is C27H21FN4O2. The first-order valence-corrected chi connectivity index (χ1v) is 10.9. The van der Waals surface area contributed by atoms with Crippen molar-refractivity contribution in [2.24, 2.45) is 0 Å². The van der Waals surface area contributed by atoms with Gasteiger partial charge >= 0.3 is 0 Å². The second-order valence-corrected chi connectivity index (χ2v) is 8.01. The molecule has 6 nitrogen and oxygen atoms in total. The average molecular weight is 452 g/mol. The van der Waals surface area contributed by atoms with Crippen molar-refractivity contribution >= 4 is 17.5 Å². The predicted molar refractivity (Wildman–Crippen MR) is 127 cm³/mol. The Bertz CT molecular complexity index is 1390. The van der Waals surface area contributed by atoms with E-state index in [0.717, 1.165) is 16.7 Å². The summed E-state index contributed by atoms with van der Waals surface area (Å²) in [5, 5.41) is 6.10. The van der Waals surface area contributed by atoms with Gasteiger partial charge in [0.2, 0.25) is 0 Å². The van der Waals surface area contributed by atoms with E-state index in [1.807, 2.05) is 30.3 Å². The number of nitrogens with zero attached hydrogens (tertiary/aromatic N) is 2. The maximum absolute atomic E-state index is 13.5. The van der Waals surface area contributed by atoms with Crippen LogP contribution in [0.15, 0.2) is 79.1 Å². The standard InChI is InChI=1S/C27H21FN4O2/c28-19-7-3-5-17(13-19)10-12-30-26-23(27(34)31-16-18-6-4-11-29-15-18)14-22-24(32-26)20-8-1-2-9-21(20)25(22)33/h1-9,11,13-15H,10,12,16H2,(H,30,32)(H,31,34). The second kappa shape index (κ2) is 9.23. The van der Waals surface area contributed by atoms with Gasteiger partial charge in [0.15, 0.2) is 5.78 Å². The molecule has 4 aromatic rings. The number of pyridine rings is 2. The molecule has 0 radical (unpaired) electrons. The van der Waals surface area contributed by atoms with Crippen molar-refractivity contribution in [1.82, 2.24) is 15.3 Å². The molecule has 2 heterocycles. The molecule has 7 heteroatoms. The summed E-state index contributed by atoms with van der Waals surface area (Å²) in [6, 6.07) is 18.9. The van der Waals surface area contributed by atoms with Crippen molar-refractivity contribution in [2.45, 2.75) is 13.0 Å². The molecular weight excluding hydrogens is 431 g/mol. The molecule has 2 aromatic carbocycles. The second-order valence-electron chi connectivity index (χ2n) is 8.01. The third kappa shape index (κ3) is 4.28. The Labute approximate surface area is 195 Å². The van der Waals surface area contributed by atoms with E-state index in [-0.39, 0.29) is 23.1 Å². The fourth-order valence-electron chi connectivity index (χ4n) is 4.03. The van der Waals surface area contributed by atoms with E-state index in [4.69, 9.17) is 4.98 Å². The molecule has 1 aliphatic rings. The molecule has 1 amide bonds.